The van der Waals surface area contributed by atoms with Gasteiger partial charge in [0.2, 0.25) is 5.91 Å². The van der Waals surface area contributed by atoms with E-state index in [1.807, 2.05) is 0 Å². The highest BCUT2D eigenvalue weighted by Crippen LogP contribution is 2.27. The Bertz CT molecular complexity index is 244. The highest BCUT2D eigenvalue weighted by atomic mass is 16.1. The Balaban J connectivity index is 1.70. The second-order valence-electron chi connectivity index (χ2n) is 4.81. The Hall–Kier alpha value is -0.610. The lowest BCUT2D eigenvalue weighted by Crippen LogP contribution is -2.43. The topological polar surface area (TPSA) is 44.4 Å². The Morgan fingerprint density at radius 2 is 2.25 bits per heavy atom. The summed E-state index contributed by atoms with van der Waals surface area (Å²) in [5, 5.41) is 6.37. The zero-order valence-corrected chi connectivity index (χ0v) is 10.2. The molecule has 0 radical (unpaired) electrons. The molecule has 2 atom stereocenters. The average Bonchev–Trinajstić information content (AvgIpc) is 2.83. The summed E-state index contributed by atoms with van der Waals surface area (Å²) in [6.07, 6.45) is 4.31. The molecular weight excluding hydrogens is 202 g/mol. The van der Waals surface area contributed by atoms with Crippen LogP contribution in [-0.2, 0) is 4.79 Å². The second kappa shape index (κ2) is 5.64. The molecule has 0 aromatic carbocycles. The number of nitrogens with zero attached hydrogens (tertiary/aromatic N) is 1. The van der Waals surface area contributed by atoms with Crippen molar-refractivity contribution >= 4 is 5.91 Å². The highest BCUT2D eigenvalue weighted by Gasteiger charge is 2.37. The molecule has 0 aromatic heterocycles. The van der Waals surface area contributed by atoms with E-state index in [9.17, 15) is 4.79 Å². The highest BCUT2D eigenvalue weighted by molar-refractivity contribution is 5.76. The third-order valence-electron chi connectivity index (χ3n) is 3.73. The molecule has 2 aliphatic heterocycles. The van der Waals surface area contributed by atoms with E-state index in [4.69, 9.17) is 0 Å². The fourth-order valence-corrected chi connectivity index (χ4v) is 2.91. The maximum Gasteiger partial charge on any atom is 0.221 e. The third kappa shape index (κ3) is 2.74. The van der Waals surface area contributed by atoms with Crippen LogP contribution in [0.25, 0.3) is 0 Å². The van der Waals surface area contributed by atoms with Crippen LogP contribution in [0, 0.1) is 0 Å². The number of hydrogen-bond acceptors (Lipinski definition) is 3. The van der Waals surface area contributed by atoms with Gasteiger partial charge in [-0.05, 0) is 32.4 Å². The molecule has 2 saturated heterocycles. The normalized spacial score (nSPS) is 29.3. The number of rotatable bonds is 5. The Morgan fingerprint density at radius 1 is 1.38 bits per heavy atom. The van der Waals surface area contributed by atoms with E-state index < -0.39 is 0 Å². The van der Waals surface area contributed by atoms with Crippen LogP contribution in [0.5, 0.6) is 0 Å². The second-order valence-corrected chi connectivity index (χ2v) is 4.81. The predicted octanol–water partition coefficient (Wildman–Crippen LogP) is 0.339. The van der Waals surface area contributed by atoms with Crippen molar-refractivity contribution in [1.29, 1.82) is 0 Å². The van der Waals surface area contributed by atoms with Crippen LogP contribution in [0.3, 0.4) is 0 Å². The molecule has 2 fully saturated rings. The van der Waals surface area contributed by atoms with Crippen LogP contribution in [-0.4, -0.2) is 49.1 Å². The number of carbonyl (C=O) groups excluding carboxylic acids is 1. The summed E-state index contributed by atoms with van der Waals surface area (Å²) in [6, 6.07) is 1.04. The van der Waals surface area contributed by atoms with Crippen molar-refractivity contribution in [2.45, 2.75) is 44.7 Å². The van der Waals surface area contributed by atoms with Gasteiger partial charge in [0, 0.05) is 31.6 Å². The standard InChI is InChI=1S/C12H23N3O/c1-2-13-7-5-12(16)14-10-6-9-15-8-3-4-11(10)15/h10-11,13H,2-9H2,1H3,(H,14,16). The molecule has 2 aliphatic rings. The smallest absolute Gasteiger partial charge is 0.221 e. The molecule has 0 aliphatic carbocycles. The summed E-state index contributed by atoms with van der Waals surface area (Å²) in [6.45, 7) is 6.19. The van der Waals surface area contributed by atoms with Gasteiger partial charge in [0.15, 0.2) is 0 Å². The first-order chi connectivity index (χ1) is 7.81. The van der Waals surface area contributed by atoms with Gasteiger partial charge in [0.25, 0.3) is 0 Å². The lowest BCUT2D eigenvalue weighted by molar-refractivity contribution is -0.121. The number of amides is 1. The van der Waals surface area contributed by atoms with Gasteiger partial charge in [-0.15, -0.1) is 0 Å². The minimum Gasteiger partial charge on any atom is -0.352 e. The van der Waals surface area contributed by atoms with Gasteiger partial charge in [0.1, 0.15) is 0 Å². The van der Waals surface area contributed by atoms with E-state index in [-0.39, 0.29) is 5.91 Å². The number of hydrogen-bond donors (Lipinski definition) is 2. The van der Waals surface area contributed by atoms with E-state index in [0.717, 1.165) is 19.5 Å². The summed E-state index contributed by atoms with van der Waals surface area (Å²) in [5.74, 6) is 0.208. The summed E-state index contributed by atoms with van der Waals surface area (Å²) in [4.78, 5) is 14.2. The lowest BCUT2D eigenvalue weighted by Gasteiger charge is -2.21. The van der Waals surface area contributed by atoms with Crippen LogP contribution in [0.1, 0.15) is 32.6 Å². The molecule has 92 valence electrons. The average molecular weight is 225 g/mol. The van der Waals surface area contributed by atoms with Gasteiger partial charge in [-0.1, -0.05) is 6.92 Å². The fraction of sp³-hybridized carbons (Fsp3) is 0.917. The zero-order chi connectivity index (χ0) is 11.4. The number of nitrogens with one attached hydrogen (secondary N) is 2. The first kappa shape index (κ1) is 11.9. The van der Waals surface area contributed by atoms with Gasteiger partial charge in [-0.25, -0.2) is 0 Å². The summed E-state index contributed by atoms with van der Waals surface area (Å²) < 4.78 is 0. The molecule has 2 heterocycles. The van der Waals surface area contributed by atoms with E-state index >= 15 is 0 Å². The summed E-state index contributed by atoms with van der Waals surface area (Å²) in [7, 11) is 0. The van der Waals surface area contributed by atoms with Crippen molar-refractivity contribution in [3.8, 4) is 0 Å². The molecule has 0 saturated carbocycles. The molecule has 2 N–H and O–H groups in total. The maximum atomic E-state index is 11.7. The van der Waals surface area contributed by atoms with Gasteiger partial charge in [-0.3, -0.25) is 9.69 Å². The van der Waals surface area contributed by atoms with Crippen LogP contribution in [0.15, 0.2) is 0 Å². The first-order valence-electron chi connectivity index (χ1n) is 6.55. The molecule has 2 unspecified atom stereocenters. The molecule has 0 aromatic rings. The summed E-state index contributed by atoms with van der Waals surface area (Å²) in [5.41, 5.74) is 0. The molecule has 2 rings (SSSR count). The van der Waals surface area contributed by atoms with Gasteiger partial charge >= 0.3 is 0 Å². The van der Waals surface area contributed by atoms with Crippen molar-refractivity contribution in [2.75, 3.05) is 26.2 Å². The molecule has 0 bridgehead atoms. The van der Waals surface area contributed by atoms with E-state index in [0.29, 0.717) is 18.5 Å². The third-order valence-corrected chi connectivity index (χ3v) is 3.73. The van der Waals surface area contributed by atoms with Crippen molar-refractivity contribution in [2.24, 2.45) is 0 Å². The quantitative estimate of drug-likeness (QED) is 0.663. The minimum atomic E-state index is 0.208. The van der Waals surface area contributed by atoms with E-state index in [2.05, 4.69) is 22.5 Å². The first-order valence-corrected chi connectivity index (χ1v) is 6.55. The van der Waals surface area contributed by atoms with Crippen LogP contribution in [0.2, 0.25) is 0 Å². The maximum absolute atomic E-state index is 11.7. The number of fused-ring (bicyclic) bond motifs is 1. The zero-order valence-electron chi connectivity index (χ0n) is 10.2. The van der Waals surface area contributed by atoms with Crippen molar-refractivity contribution in [1.82, 2.24) is 15.5 Å². The van der Waals surface area contributed by atoms with Crippen LogP contribution < -0.4 is 10.6 Å². The van der Waals surface area contributed by atoms with Crippen molar-refractivity contribution in [3.05, 3.63) is 0 Å². The van der Waals surface area contributed by atoms with Crippen LogP contribution >= 0.6 is 0 Å². The SMILES string of the molecule is CCNCCC(=O)NC1CCN2CCCC12. The van der Waals surface area contributed by atoms with Crippen molar-refractivity contribution in [3.63, 3.8) is 0 Å². The van der Waals surface area contributed by atoms with Gasteiger partial charge in [-0.2, -0.15) is 0 Å². The van der Waals surface area contributed by atoms with E-state index in [1.54, 1.807) is 0 Å². The van der Waals surface area contributed by atoms with E-state index in [1.165, 1.54) is 25.9 Å². The predicted molar refractivity (Wildman–Crippen MR) is 64.3 cm³/mol. The molecule has 0 spiro atoms. The Kier molecular flexibility index (Phi) is 4.18. The Labute approximate surface area is 97.8 Å². The van der Waals surface area contributed by atoms with Gasteiger partial charge in [0.05, 0.1) is 0 Å². The van der Waals surface area contributed by atoms with Gasteiger partial charge < -0.3 is 10.6 Å². The molecular formula is C12H23N3O. The summed E-state index contributed by atoms with van der Waals surface area (Å²) >= 11 is 0. The fourth-order valence-electron chi connectivity index (χ4n) is 2.91. The molecule has 4 nitrogen and oxygen atoms in total. The molecule has 1 amide bonds. The minimum absolute atomic E-state index is 0.208. The number of carbonyl (C=O) groups is 1. The molecule has 4 heteroatoms. The van der Waals surface area contributed by atoms with Crippen LogP contribution in [0.4, 0.5) is 0 Å². The largest absolute Gasteiger partial charge is 0.352 e. The Morgan fingerprint density at radius 3 is 3.06 bits per heavy atom. The monoisotopic (exact) mass is 225 g/mol. The lowest BCUT2D eigenvalue weighted by atomic mass is 10.1. The molecule has 16 heavy (non-hydrogen) atoms. The van der Waals surface area contributed by atoms with Crippen molar-refractivity contribution < 1.29 is 4.79 Å².